The van der Waals surface area contributed by atoms with Gasteiger partial charge in [0, 0.05) is 36.6 Å². The van der Waals surface area contributed by atoms with Gasteiger partial charge in [-0.25, -0.2) is 14.8 Å². The average Bonchev–Trinajstić information content (AvgIpc) is 3.65. The number of nitrogens with one attached hydrogen (secondary N) is 6. The topological polar surface area (TPSA) is 237 Å². The van der Waals surface area contributed by atoms with Crippen LogP contribution < -0.4 is 27.0 Å². The van der Waals surface area contributed by atoms with Crippen LogP contribution in [0.3, 0.4) is 0 Å². The molecule has 2 aromatic heterocycles. The molecule has 2 heterocycles. The Bertz CT molecular complexity index is 1230. The fourth-order valence-corrected chi connectivity index (χ4v) is 4.76. The maximum Gasteiger partial charge on any atom is 0.326 e. The molecule has 0 fully saturated rings. The number of aromatic amines is 2. The van der Waals surface area contributed by atoms with Gasteiger partial charge in [0.05, 0.1) is 18.7 Å². The van der Waals surface area contributed by atoms with E-state index < -0.39 is 59.8 Å². The highest BCUT2D eigenvalue weighted by Crippen LogP contribution is 2.11. The van der Waals surface area contributed by atoms with Crippen molar-refractivity contribution in [1.82, 2.24) is 41.2 Å². The quantitative estimate of drug-likeness (QED) is 0.107. The third-order valence-electron chi connectivity index (χ3n) is 6.95. The molecule has 2 aromatic rings. The van der Waals surface area contributed by atoms with Crippen LogP contribution in [-0.4, -0.2) is 84.8 Å². The molecule has 0 spiro atoms. The Hall–Kier alpha value is -4.27. The fraction of sp³-hybridized carbons (Fsp3) is 0.633. The minimum absolute atomic E-state index is 0.0178. The van der Waals surface area contributed by atoms with Crippen LogP contribution in [0, 0.1) is 17.8 Å². The first kappa shape index (κ1) is 36.9. The number of amides is 4. The van der Waals surface area contributed by atoms with Gasteiger partial charge in [0.1, 0.15) is 24.2 Å². The minimum atomic E-state index is -1.30. The summed E-state index contributed by atoms with van der Waals surface area (Å²) < 4.78 is 0. The van der Waals surface area contributed by atoms with Crippen LogP contribution >= 0.6 is 0 Å². The lowest BCUT2D eigenvalue weighted by Crippen LogP contribution is -2.59. The number of aromatic nitrogens is 4. The second kappa shape index (κ2) is 17.9. The molecule has 9 N–H and O–H groups in total. The van der Waals surface area contributed by atoms with Gasteiger partial charge in [-0.3, -0.25) is 19.2 Å². The summed E-state index contributed by atoms with van der Waals surface area (Å²) in [6, 6.07) is -5.26. The summed E-state index contributed by atoms with van der Waals surface area (Å²) in [6.07, 6.45) is 6.70. The molecule has 15 nitrogen and oxygen atoms in total. The lowest BCUT2D eigenvalue weighted by Gasteiger charge is -2.27. The molecule has 2 rings (SSSR count). The fourth-order valence-electron chi connectivity index (χ4n) is 4.76. The first-order valence-electron chi connectivity index (χ1n) is 15.3. The van der Waals surface area contributed by atoms with E-state index in [0.717, 1.165) is 0 Å². The molecule has 0 unspecified atom stereocenters. The number of rotatable bonds is 19. The van der Waals surface area contributed by atoms with E-state index in [9.17, 15) is 29.1 Å². The molecule has 4 amide bonds. The van der Waals surface area contributed by atoms with Crippen molar-refractivity contribution < 1.29 is 29.1 Å². The number of imidazole rings is 2. The third-order valence-corrected chi connectivity index (χ3v) is 6.95. The summed E-state index contributed by atoms with van der Waals surface area (Å²) in [7, 11) is 0. The van der Waals surface area contributed by atoms with Crippen molar-refractivity contribution in [2.45, 2.75) is 104 Å². The molecule has 0 bridgehead atoms. The monoisotopic (exact) mass is 631 g/mol. The number of nitrogens with two attached hydrogens (primary N) is 1. The molecule has 5 atom stereocenters. The van der Waals surface area contributed by atoms with Crippen molar-refractivity contribution in [3.8, 4) is 0 Å². The standard InChI is InChI=1S/C30H49N9O6/c1-16(2)7-21(31)26(40)36-22(8-17(3)4)27(41)37-23(9-18(5)6)28(42)38-24(10-19-12-32-14-34-19)29(43)39-25(30(44)45)11-20-13-33-15-35-20/h12-18,21-25H,7-11,31H2,1-6H3,(H,32,34)(H,33,35)(H,36,40)(H,37,41)(H,38,42)(H,39,43)(H,44,45)/t21-,22-,23-,24-,25-/m0/s1. The van der Waals surface area contributed by atoms with Crippen molar-refractivity contribution in [2.75, 3.05) is 0 Å². The molecule has 0 radical (unpaired) electrons. The maximum atomic E-state index is 13.7. The molecular weight excluding hydrogens is 582 g/mol. The van der Waals surface area contributed by atoms with Crippen molar-refractivity contribution in [2.24, 2.45) is 23.5 Å². The van der Waals surface area contributed by atoms with Crippen LogP contribution in [0.5, 0.6) is 0 Å². The zero-order valence-electron chi connectivity index (χ0n) is 26.9. The zero-order valence-corrected chi connectivity index (χ0v) is 26.9. The van der Waals surface area contributed by atoms with Gasteiger partial charge >= 0.3 is 5.97 Å². The number of hydrogen-bond acceptors (Lipinski definition) is 8. The summed E-state index contributed by atoms with van der Waals surface area (Å²) >= 11 is 0. The third kappa shape index (κ3) is 13.1. The SMILES string of the molecule is CC(C)C[C@H](NC(=O)[C@H](CC(C)C)NC(=O)[C@@H](N)CC(C)C)C(=O)N[C@@H](Cc1cnc[nH]1)C(=O)N[C@@H](Cc1cnc[nH]1)C(=O)O. The Labute approximate surface area is 263 Å². The van der Waals surface area contributed by atoms with Crippen LogP contribution in [0.15, 0.2) is 25.0 Å². The number of nitrogens with zero attached hydrogens (tertiary/aromatic N) is 2. The molecule has 0 aliphatic rings. The largest absolute Gasteiger partial charge is 0.480 e. The van der Waals surface area contributed by atoms with Gasteiger partial charge in [0.25, 0.3) is 0 Å². The van der Waals surface area contributed by atoms with Gasteiger partial charge in [-0.05, 0) is 37.0 Å². The molecular formula is C30H49N9O6. The predicted molar refractivity (Wildman–Crippen MR) is 166 cm³/mol. The first-order chi connectivity index (χ1) is 21.2. The van der Waals surface area contributed by atoms with E-state index in [4.69, 9.17) is 5.73 Å². The number of carbonyl (C=O) groups excluding carboxylic acids is 4. The lowest BCUT2D eigenvalue weighted by molar-refractivity contribution is -0.142. The summed E-state index contributed by atoms with van der Waals surface area (Å²) in [6.45, 7) is 11.5. The highest BCUT2D eigenvalue weighted by Gasteiger charge is 2.33. The average molecular weight is 632 g/mol. The van der Waals surface area contributed by atoms with E-state index in [-0.39, 0.29) is 37.0 Å². The van der Waals surface area contributed by atoms with E-state index in [1.807, 2.05) is 41.5 Å². The van der Waals surface area contributed by atoms with Gasteiger partial charge in [-0.15, -0.1) is 0 Å². The summed E-state index contributed by atoms with van der Waals surface area (Å²) in [5.41, 5.74) is 7.08. The van der Waals surface area contributed by atoms with Crippen molar-refractivity contribution in [3.05, 3.63) is 36.4 Å². The molecule has 45 heavy (non-hydrogen) atoms. The Morgan fingerprint density at radius 3 is 1.42 bits per heavy atom. The van der Waals surface area contributed by atoms with Gasteiger partial charge < -0.3 is 42.1 Å². The predicted octanol–water partition coefficient (Wildman–Crippen LogP) is 0.407. The Balaban J connectivity index is 2.24. The first-order valence-corrected chi connectivity index (χ1v) is 15.3. The number of carbonyl (C=O) groups is 5. The Morgan fingerprint density at radius 1 is 0.644 bits per heavy atom. The number of carboxylic acid groups (broad SMARTS) is 1. The van der Waals surface area contributed by atoms with E-state index in [1.165, 1.54) is 25.0 Å². The summed E-state index contributed by atoms with van der Waals surface area (Å²) in [5.74, 6) is -3.42. The number of H-pyrrole nitrogens is 2. The van der Waals surface area contributed by atoms with Crippen molar-refractivity contribution in [1.29, 1.82) is 0 Å². The van der Waals surface area contributed by atoms with Gasteiger partial charge in [-0.1, -0.05) is 41.5 Å². The van der Waals surface area contributed by atoms with Crippen LogP contribution in [0.1, 0.15) is 72.2 Å². The lowest BCUT2D eigenvalue weighted by atomic mass is 9.98. The highest BCUT2D eigenvalue weighted by atomic mass is 16.4. The number of aliphatic carboxylic acids is 1. The molecule has 15 heteroatoms. The van der Waals surface area contributed by atoms with E-state index >= 15 is 0 Å². The maximum absolute atomic E-state index is 13.7. The van der Waals surface area contributed by atoms with Crippen LogP contribution in [0.2, 0.25) is 0 Å². The molecule has 0 aromatic carbocycles. The molecule has 0 aliphatic heterocycles. The highest BCUT2D eigenvalue weighted by molar-refractivity contribution is 5.95. The van der Waals surface area contributed by atoms with Crippen LogP contribution in [-0.2, 0) is 36.8 Å². The second-order valence-corrected chi connectivity index (χ2v) is 12.6. The van der Waals surface area contributed by atoms with E-state index in [0.29, 0.717) is 24.2 Å². The molecule has 0 aliphatic carbocycles. The van der Waals surface area contributed by atoms with Crippen molar-refractivity contribution >= 4 is 29.6 Å². The molecule has 250 valence electrons. The van der Waals surface area contributed by atoms with E-state index in [1.54, 1.807) is 0 Å². The van der Waals surface area contributed by atoms with E-state index in [2.05, 4.69) is 41.2 Å². The van der Waals surface area contributed by atoms with Gasteiger partial charge in [0.2, 0.25) is 23.6 Å². The normalized spacial score (nSPS) is 14.8. The number of hydrogen-bond donors (Lipinski definition) is 8. The second-order valence-electron chi connectivity index (χ2n) is 12.6. The van der Waals surface area contributed by atoms with Gasteiger partial charge in [-0.2, -0.15) is 0 Å². The Kier molecular flexibility index (Phi) is 14.7. The summed E-state index contributed by atoms with van der Waals surface area (Å²) in [5, 5.41) is 20.4. The molecule has 0 saturated carbocycles. The smallest absolute Gasteiger partial charge is 0.326 e. The van der Waals surface area contributed by atoms with Gasteiger partial charge in [0.15, 0.2) is 0 Å². The van der Waals surface area contributed by atoms with Crippen molar-refractivity contribution in [3.63, 3.8) is 0 Å². The summed E-state index contributed by atoms with van der Waals surface area (Å²) in [4.78, 5) is 78.8. The Morgan fingerprint density at radius 2 is 1.02 bits per heavy atom. The zero-order chi connectivity index (χ0) is 33.7. The van der Waals surface area contributed by atoms with Crippen LogP contribution in [0.25, 0.3) is 0 Å². The number of carboxylic acids is 1. The minimum Gasteiger partial charge on any atom is -0.480 e. The van der Waals surface area contributed by atoms with Crippen LogP contribution in [0.4, 0.5) is 0 Å². The molecule has 0 saturated heterocycles.